The predicted molar refractivity (Wildman–Crippen MR) is 32.4 cm³/mol. The molecule has 0 amide bonds. The van der Waals surface area contributed by atoms with Crippen LogP contribution in [0.4, 0.5) is 4.39 Å². The summed E-state index contributed by atoms with van der Waals surface area (Å²) in [7, 11) is -5.27. The first-order valence-corrected chi connectivity index (χ1v) is 4.27. The summed E-state index contributed by atoms with van der Waals surface area (Å²) >= 11 is 1.74. The predicted octanol–water partition coefficient (Wildman–Crippen LogP) is 0.267. The van der Waals surface area contributed by atoms with Crippen LogP contribution in [0.3, 0.4) is 0 Å². The molecule has 0 spiro atoms. The number of carboxylic acid groups (broad SMARTS) is 1. The molecule has 0 aromatic rings. The third kappa shape index (κ3) is 1.76. The van der Waals surface area contributed by atoms with Crippen LogP contribution in [0.5, 0.6) is 0 Å². The first-order valence-electron chi connectivity index (χ1n) is 1.86. The van der Waals surface area contributed by atoms with Crippen LogP contribution < -0.4 is 0 Å². The Morgan fingerprint density at radius 1 is 1.60 bits per heavy atom. The lowest BCUT2D eigenvalue weighted by molar-refractivity contribution is -0.141. The van der Waals surface area contributed by atoms with Crippen molar-refractivity contribution in [1.82, 2.24) is 0 Å². The molecule has 0 aliphatic heterocycles. The maximum atomic E-state index is 12.3. The molecule has 10 heavy (non-hydrogen) atoms. The molecule has 0 aromatic heterocycles. The van der Waals surface area contributed by atoms with E-state index < -0.39 is 17.9 Å². The van der Waals surface area contributed by atoms with E-state index in [1.54, 1.807) is 15.9 Å². The summed E-state index contributed by atoms with van der Waals surface area (Å²) in [6.45, 7) is 0. The molecular weight excluding hydrogens is 234 g/mol. The third-order valence-electron chi connectivity index (χ3n) is 0.623. The van der Waals surface area contributed by atoms with Crippen molar-refractivity contribution in [3.63, 3.8) is 0 Å². The van der Waals surface area contributed by atoms with Gasteiger partial charge in [-0.3, -0.25) is 4.57 Å². The van der Waals surface area contributed by atoms with Gasteiger partial charge in [-0.1, -0.05) is 0 Å². The highest BCUT2D eigenvalue weighted by Gasteiger charge is 2.53. The average molecular weight is 237 g/mol. The second-order valence-electron chi connectivity index (χ2n) is 1.39. The van der Waals surface area contributed by atoms with Crippen molar-refractivity contribution in [2.75, 3.05) is 0 Å². The number of halogens is 2. The Kier molecular flexibility index (Phi) is 2.59. The lowest BCUT2D eigenvalue weighted by atomic mass is 10.8. The molecule has 60 valence electrons. The Hall–Kier alpha value is 0.0300. The summed E-state index contributed by atoms with van der Waals surface area (Å²) in [5.41, 5.74) is 0. The Morgan fingerprint density at radius 3 is 1.90 bits per heavy atom. The molecule has 0 radical (unpaired) electrons. The van der Waals surface area contributed by atoms with Crippen LogP contribution in [0, 0.1) is 0 Å². The highest BCUT2D eigenvalue weighted by Crippen LogP contribution is 2.55. The van der Waals surface area contributed by atoms with Crippen molar-refractivity contribution < 1.29 is 28.6 Å². The van der Waals surface area contributed by atoms with Crippen LogP contribution >= 0.6 is 23.5 Å². The van der Waals surface area contributed by atoms with Crippen molar-refractivity contribution >= 4 is 29.5 Å². The van der Waals surface area contributed by atoms with Gasteiger partial charge < -0.3 is 14.9 Å². The van der Waals surface area contributed by atoms with Gasteiger partial charge in [0.1, 0.15) is 0 Å². The Morgan fingerprint density at radius 2 is 1.90 bits per heavy atom. The second kappa shape index (κ2) is 2.58. The van der Waals surface area contributed by atoms with Gasteiger partial charge in [0.15, 0.2) is 0 Å². The fourth-order valence-corrected chi connectivity index (χ4v) is 0.374. The van der Waals surface area contributed by atoms with Gasteiger partial charge in [-0.15, -0.1) is 0 Å². The topological polar surface area (TPSA) is 94.8 Å². The van der Waals surface area contributed by atoms with Gasteiger partial charge in [-0.05, 0) is 15.9 Å². The first-order chi connectivity index (χ1) is 4.19. The zero-order valence-corrected chi connectivity index (χ0v) is 6.84. The quantitative estimate of drug-likeness (QED) is 0.473. The minimum atomic E-state index is -5.27. The molecule has 0 heterocycles. The number of carbonyl (C=O) groups is 1. The van der Waals surface area contributed by atoms with Gasteiger partial charge in [-0.2, -0.15) is 0 Å². The number of hydrogen-bond acceptors (Lipinski definition) is 2. The van der Waals surface area contributed by atoms with Crippen LogP contribution in [-0.4, -0.2) is 25.2 Å². The molecule has 1 atom stereocenters. The van der Waals surface area contributed by atoms with E-state index in [0.29, 0.717) is 0 Å². The van der Waals surface area contributed by atoms with Crippen molar-refractivity contribution in [2.45, 2.75) is 4.32 Å². The van der Waals surface area contributed by atoms with Crippen LogP contribution in [-0.2, 0) is 9.36 Å². The highest BCUT2D eigenvalue weighted by molar-refractivity contribution is 9.11. The molecule has 1 unspecified atom stereocenters. The summed E-state index contributed by atoms with van der Waals surface area (Å²) in [5.74, 6) is -2.25. The molecule has 8 heteroatoms. The van der Waals surface area contributed by atoms with Crippen LogP contribution in [0.2, 0.25) is 0 Å². The fraction of sp³-hybridized carbons (Fsp3) is 0.500. The number of alkyl halides is 2. The number of aliphatic carboxylic acids is 1. The van der Waals surface area contributed by atoms with Crippen molar-refractivity contribution in [3.05, 3.63) is 0 Å². The minimum Gasteiger partial charge on any atom is -0.478 e. The van der Waals surface area contributed by atoms with E-state index in [2.05, 4.69) is 0 Å². The minimum absolute atomic E-state index is 1.74. The highest BCUT2D eigenvalue weighted by atomic mass is 79.9. The molecule has 0 saturated carbocycles. The summed E-state index contributed by atoms with van der Waals surface area (Å²) < 4.78 is 18.6. The van der Waals surface area contributed by atoms with Gasteiger partial charge in [0.2, 0.25) is 0 Å². The molecule has 0 aromatic carbocycles. The Labute approximate surface area is 63.1 Å². The molecule has 0 rings (SSSR count). The van der Waals surface area contributed by atoms with Crippen molar-refractivity contribution in [2.24, 2.45) is 0 Å². The van der Waals surface area contributed by atoms with Crippen LogP contribution in [0.1, 0.15) is 0 Å². The molecular formula is C2H3BrFO5P. The Balaban J connectivity index is 4.75. The van der Waals surface area contributed by atoms with E-state index in [9.17, 15) is 13.8 Å². The van der Waals surface area contributed by atoms with Gasteiger partial charge in [0, 0.05) is 0 Å². The van der Waals surface area contributed by atoms with E-state index in [0.717, 1.165) is 0 Å². The van der Waals surface area contributed by atoms with E-state index >= 15 is 0 Å². The average Bonchev–Trinajstić information content (AvgIpc) is 1.62. The molecule has 0 aliphatic carbocycles. The maximum Gasteiger partial charge on any atom is 0.385 e. The normalized spacial score (nSPS) is 18.0. The van der Waals surface area contributed by atoms with Gasteiger partial charge >= 0.3 is 17.9 Å². The summed E-state index contributed by atoms with van der Waals surface area (Å²) in [6, 6.07) is 0. The van der Waals surface area contributed by atoms with Crippen molar-refractivity contribution in [3.8, 4) is 0 Å². The molecule has 5 nitrogen and oxygen atoms in total. The molecule has 3 N–H and O–H groups in total. The second-order valence-corrected chi connectivity index (χ2v) is 4.80. The van der Waals surface area contributed by atoms with Crippen LogP contribution in [0.25, 0.3) is 0 Å². The monoisotopic (exact) mass is 236 g/mol. The van der Waals surface area contributed by atoms with E-state index in [4.69, 9.17) is 14.9 Å². The van der Waals surface area contributed by atoms with Crippen LogP contribution in [0.15, 0.2) is 0 Å². The lowest BCUT2D eigenvalue weighted by Crippen LogP contribution is -2.25. The van der Waals surface area contributed by atoms with Gasteiger partial charge in [-0.25, -0.2) is 9.18 Å². The first kappa shape index (κ1) is 10.0. The molecule has 0 bridgehead atoms. The molecule has 0 saturated heterocycles. The fourth-order valence-electron chi connectivity index (χ4n) is 0.125. The van der Waals surface area contributed by atoms with Crippen molar-refractivity contribution in [1.29, 1.82) is 0 Å². The van der Waals surface area contributed by atoms with E-state index in [1.165, 1.54) is 0 Å². The Bertz CT molecular complexity index is 196. The summed E-state index contributed by atoms with van der Waals surface area (Å²) in [5, 5.41) is 7.86. The zero-order valence-electron chi connectivity index (χ0n) is 4.36. The van der Waals surface area contributed by atoms with E-state index in [-0.39, 0.29) is 0 Å². The zero-order chi connectivity index (χ0) is 8.58. The SMILES string of the molecule is O=C(O)C(F)(Br)P(=O)(O)O. The number of carboxylic acids is 1. The standard InChI is InChI=1S/C2H3BrFO5P/c3-2(4,1(5)6)10(7,8)9/h(H,5,6)(H2,7,8,9). The largest absolute Gasteiger partial charge is 0.478 e. The van der Waals surface area contributed by atoms with E-state index in [1.807, 2.05) is 0 Å². The maximum absolute atomic E-state index is 12.3. The summed E-state index contributed by atoms with van der Waals surface area (Å²) in [6.07, 6.45) is 0. The van der Waals surface area contributed by atoms with Gasteiger partial charge in [0.05, 0.1) is 0 Å². The lowest BCUT2D eigenvalue weighted by Gasteiger charge is -2.13. The molecule has 0 aliphatic rings. The number of hydrogen-bond donors (Lipinski definition) is 3. The summed E-state index contributed by atoms with van der Waals surface area (Å²) in [4.78, 5) is 25.8. The smallest absolute Gasteiger partial charge is 0.385 e. The molecule has 0 fully saturated rings. The van der Waals surface area contributed by atoms with Gasteiger partial charge in [0.25, 0.3) is 0 Å². The number of rotatable bonds is 2. The third-order valence-corrected chi connectivity index (χ3v) is 3.27.